The van der Waals surface area contributed by atoms with Gasteiger partial charge in [0.25, 0.3) is 0 Å². The van der Waals surface area contributed by atoms with Crippen LogP contribution in [-0.4, -0.2) is 71.2 Å². The summed E-state index contributed by atoms with van der Waals surface area (Å²) >= 11 is 0. The Labute approximate surface area is 233 Å². The van der Waals surface area contributed by atoms with Gasteiger partial charge >= 0.3 is 5.97 Å². The number of carbonyl (C=O) groups excluding carboxylic acids is 2. The summed E-state index contributed by atoms with van der Waals surface area (Å²) in [5, 5.41) is 9.00. The van der Waals surface area contributed by atoms with Crippen LogP contribution in [0, 0.1) is 0 Å². The number of fused-ring (bicyclic) bond motifs is 1. The van der Waals surface area contributed by atoms with Crippen molar-refractivity contribution in [1.82, 2.24) is 9.80 Å². The topological polar surface area (TPSA) is 118 Å². The van der Waals surface area contributed by atoms with Gasteiger partial charge in [0.1, 0.15) is 12.3 Å². The number of amides is 1. The number of esters is 1. The predicted octanol–water partition coefficient (Wildman–Crippen LogP) is 4.66. The molecule has 1 fully saturated rings. The first-order chi connectivity index (χ1) is 18.9. The Hall–Kier alpha value is -2.81. The third-order valence-electron chi connectivity index (χ3n) is 7.35. The molecule has 2 aliphatic rings. The second kappa shape index (κ2) is 16.3. The summed E-state index contributed by atoms with van der Waals surface area (Å²) in [5.41, 5.74) is 7.78. The Bertz CT molecular complexity index is 945. The van der Waals surface area contributed by atoms with Gasteiger partial charge < -0.3 is 30.1 Å². The number of ether oxygens (including phenoxy) is 2. The molecule has 0 atom stereocenters. The van der Waals surface area contributed by atoms with Crippen molar-refractivity contribution in [2.75, 3.05) is 26.3 Å². The molecule has 1 aliphatic carbocycles. The SMILES string of the molecule is CC(C)OC(=O)CN1Cc2cc(OCCCCC(=O)N(CCCCCCO)C3CCCCC3)ccc2N=C1N. The summed E-state index contributed by atoms with van der Waals surface area (Å²) in [5.74, 6) is 0.975. The van der Waals surface area contributed by atoms with Crippen LogP contribution in [0.25, 0.3) is 0 Å². The van der Waals surface area contributed by atoms with E-state index >= 15 is 0 Å². The van der Waals surface area contributed by atoms with Crippen LogP contribution < -0.4 is 10.5 Å². The van der Waals surface area contributed by atoms with Crippen molar-refractivity contribution in [3.05, 3.63) is 23.8 Å². The highest BCUT2D eigenvalue weighted by Gasteiger charge is 2.25. The maximum atomic E-state index is 13.1. The summed E-state index contributed by atoms with van der Waals surface area (Å²) in [6, 6.07) is 6.09. The molecular formula is C30H48N4O5. The monoisotopic (exact) mass is 544 g/mol. The molecule has 1 aliphatic heterocycles. The molecule has 1 aromatic carbocycles. The summed E-state index contributed by atoms with van der Waals surface area (Å²) in [7, 11) is 0. The standard InChI is InChI=1S/C30H48N4O5/c1-23(2)39-29(37)22-33-21-24-20-26(15-16-27(24)32-30(33)31)38-19-11-8-14-28(36)34(17-9-3-4-10-18-35)25-12-6-5-7-13-25/h15-16,20,23,25,35H,3-14,17-19,21-22H2,1-2H3,(H2,31,32). The largest absolute Gasteiger partial charge is 0.494 e. The molecule has 39 heavy (non-hydrogen) atoms. The van der Waals surface area contributed by atoms with Crippen LogP contribution in [-0.2, 0) is 20.9 Å². The van der Waals surface area contributed by atoms with Gasteiger partial charge in [-0.1, -0.05) is 32.1 Å². The highest BCUT2D eigenvalue weighted by atomic mass is 16.5. The summed E-state index contributed by atoms with van der Waals surface area (Å²) in [4.78, 5) is 33.5. The lowest BCUT2D eigenvalue weighted by molar-refractivity contribution is -0.147. The van der Waals surface area contributed by atoms with Crippen molar-refractivity contribution in [3.8, 4) is 5.75 Å². The summed E-state index contributed by atoms with van der Waals surface area (Å²) in [6.07, 6.45) is 11.8. The molecular weight excluding hydrogens is 496 g/mol. The van der Waals surface area contributed by atoms with Crippen molar-refractivity contribution in [3.63, 3.8) is 0 Å². The van der Waals surface area contributed by atoms with Gasteiger partial charge in [-0.15, -0.1) is 0 Å². The van der Waals surface area contributed by atoms with Gasteiger partial charge in [-0.3, -0.25) is 9.59 Å². The minimum Gasteiger partial charge on any atom is -0.494 e. The number of aliphatic imine (C=N–C) groups is 1. The van der Waals surface area contributed by atoms with Crippen LogP contribution in [0.5, 0.6) is 5.75 Å². The number of aliphatic hydroxyl groups excluding tert-OH is 1. The molecule has 0 radical (unpaired) electrons. The molecule has 0 bridgehead atoms. The van der Waals surface area contributed by atoms with E-state index in [1.165, 1.54) is 19.3 Å². The van der Waals surface area contributed by atoms with E-state index in [0.717, 1.165) is 74.9 Å². The van der Waals surface area contributed by atoms with E-state index < -0.39 is 0 Å². The average molecular weight is 545 g/mol. The Morgan fingerprint density at radius 3 is 2.62 bits per heavy atom. The van der Waals surface area contributed by atoms with E-state index in [0.29, 0.717) is 31.6 Å². The quantitative estimate of drug-likeness (QED) is 0.229. The average Bonchev–Trinajstić information content (AvgIpc) is 2.91. The van der Waals surface area contributed by atoms with E-state index in [-0.39, 0.29) is 31.1 Å². The maximum Gasteiger partial charge on any atom is 0.325 e. The van der Waals surface area contributed by atoms with Gasteiger partial charge in [-0.2, -0.15) is 0 Å². The zero-order valence-electron chi connectivity index (χ0n) is 23.9. The number of benzene rings is 1. The minimum absolute atomic E-state index is 0.0482. The van der Waals surface area contributed by atoms with Crippen molar-refractivity contribution >= 4 is 23.5 Å². The van der Waals surface area contributed by atoms with E-state index in [1.54, 1.807) is 4.90 Å². The highest BCUT2D eigenvalue weighted by Crippen LogP contribution is 2.29. The number of hydrogen-bond acceptors (Lipinski definition) is 8. The van der Waals surface area contributed by atoms with E-state index in [1.807, 2.05) is 32.0 Å². The number of unbranched alkanes of at least 4 members (excludes halogenated alkanes) is 4. The molecule has 218 valence electrons. The fraction of sp³-hybridized carbons (Fsp3) is 0.700. The molecule has 9 heteroatoms. The third kappa shape index (κ3) is 10.4. The molecule has 1 amide bonds. The van der Waals surface area contributed by atoms with E-state index in [9.17, 15) is 9.59 Å². The van der Waals surface area contributed by atoms with Crippen LogP contribution in [0.2, 0.25) is 0 Å². The number of rotatable bonds is 16. The van der Waals surface area contributed by atoms with Gasteiger partial charge in [0.05, 0.1) is 18.4 Å². The number of guanidine groups is 1. The number of aliphatic hydroxyl groups is 1. The smallest absolute Gasteiger partial charge is 0.325 e. The molecule has 1 aromatic rings. The highest BCUT2D eigenvalue weighted by molar-refractivity contribution is 5.87. The molecule has 0 saturated heterocycles. The van der Waals surface area contributed by atoms with Gasteiger partial charge in [-0.05, 0) is 70.6 Å². The summed E-state index contributed by atoms with van der Waals surface area (Å²) in [6.45, 7) is 5.75. The summed E-state index contributed by atoms with van der Waals surface area (Å²) < 4.78 is 11.2. The van der Waals surface area contributed by atoms with Gasteiger partial charge in [0.2, 0.25) is 5.91 Å². The molecule has 1 heterocycles. The van der Waals surface area contributed by atoms with Gasteiger partial charge in [0, 0.05) is 37.7 Å². The van der Waals surface area contributed by atoms with Crippen LogP contribution in [0.1, 0.15) is 96.5 Å². The fourth-order valence-corrected chi connectivity index (χ4v) is 5.32. The zero-order valence-corrected chi connectivity index (χ0v) is 23.9. The second-order valence-corrected chi connectivity index (χ2v) is 11.0. The van der Waals surface area contributed by atoms with Gasteiger partial charge in [0.15, 0.2) is 5.96 Å². The first kappa shape index (κ1) is 30.7. The third-order valence-corrected chi connectivity index (χ3v) is 7.35. The molecule has 3 N–H and O–H groups in total. The Morgan fingerprint density at radius 2 is 1.87 bits per heavy atom. The lowest BCUT2D eigenvalue weighted by atomic mass is 9.93. The number of hydrogen-bond donors (Lipinski definition) is 2. The van der Waals surface area contributed by atoms with Crippen molar-refractivity contribution in [2.45, 2.75) is 110 Å². The second-order valence-electron chi connectivity index (χ2n) is 11.0. The number of nitrogens with two attached hydrogens (primary N) is 1. The predicted molar refractivity (Wildman–Crippen MR) is 153 cm³/mol. The molecule has 0 spiro atoms. The minimum atomic E-state index is -0.336. The first-order valence-corrected chi connectivity index (χ1v) is 14.8. The molecule has 9 nitrogen and oxygen atoms in total. The molecule has 1 saturated carbocycles. The lowest BCUT2D eigenvalue weighted by Gasteiger charge is -2.34. The zero-order chi connectivity index (χ0) is 28.0. The van der Waals surface area contributed by atoms with E-state index in [4.69, 9.17) is 20.3 Å². The normalized spacial score (nSPS) is 15.6. The lowest BCUT2D eigenvalue weighted by Crippen LogP contribution is -2.42. The van der Waals surface area contributed by atoms with Crippen LogP contribution >= 0.6 is 0 Å². The fourth-order valence-electron chi connectivity index (χ4n) is 5.32. The number of nitrogens with zero attached hydrogens (tertiary/aromatic N) is 3. The Kier molecular flexibility index (Phi) is 12.9. The van der Waals surface area contributed by atoms with Gasteiger partial charge in [-0.25, -0.2) is 4.99 Å². The Morgan fingerprint density at radius 1 is 1.10 bits per heavy atom. The molecule has 0 unspecified atom stereocenters. The van der Waals surface area contributed by atoms with Crippen molar-refractivity contribution in [1.29, 1.82) is 0 Å². The number of carbonyl (C=O) groups is 2. The van der Waals surface area contributed by atoms with Crippen molar-refractivity contribution < 1.29 is 24.2 Å². The van der Waals surface area contributed by atoms with E-state index in [2.05, 4.69) is 9.89 Å². The first-order valence-electron chi connectivity index (χ1n) is 14.8. The van der Waals surface area contributed by atoms with Crippen molar-refractivity contribution in [2.24, 2.45) is 10.7 Å². The Balaban J connectivity index is 1.43. The van der Waals surface area contributed by atoms with Crippen LogP contribution in [0.15, 0.2) is 23.2 Å². The molecule has 3 rings (SSSR count). The van der Waals surface area contributed by atoms with Crippen LogP contribution in [0.4, 0.5) is 5.69 Å². The van der Waals surface area contributed by atoms with Crippen LogP contribution in [0.3, 0.4) is 0 Å². The maximum absolute atomic E-state index is 13.1. The molecule has 0 aromatic heterocycles.